The minimum absolute atomic E-state index is 0.0167. The predicted molar refractivity (Wildman–Crippen MR) is 52.5 cm³/mol. The molecule has 82 valence electrons. The van der Waals surface area contributed by atoms with E-state index in [0.717, 1.165) is 6.08 Å². The van der Waals surface area contributed by atoms with Crippen LogP contribution in [0.3, 0.4) is 0 Å². The number of allylic oxidation sites excluding steroid dienone is 1. The summed E-state index contributed by atoms with van der Waals surface area (Å²) in [7, 11) is -0.589. The number of hydrogen-bond donors (Lipinski definition) is 1. The summed E-state index contributed by atoms with van der Waals surface area (Å²) >= 11 is 0. The van der Waals surface area contributed by atoms with Crippen molar-refractivity contribution < 1.29 is 23.5 Å². The molecule has 0 heterocycles. The van der Waals surface area contributed by atoms with Gasteiger partial charge < -0.3 is 14.2 Å². The molecule has 14 heavy (non-hydrogen) atoms. The van der Waals surface area contributed by atoms with E-state index >= 15 is 0 Å². The van der Waals surface area contributed by atoms with Crippen LogP contribution in [-0.4, -0.2) is 31.5 Å². The van der Waals surface area contributed by atoms with Crippen LogP contribution < -0.4 is 0 Å². The summed E-state index contributed by atoms with van der Waals surface area (Å²) in [6.45, 7) is 1.78. The molecule has 0 fully saturated rings. The maximum Gasteiger partial charge on any atom is 0.334 e. The molecular formula is C8H15O5P. The highest BCUT2D eigenvalue weighted by molar-refractivity contribution is 7.54. The Morgan fingerprint density at radius 1 is 1.43 bits per heavy atom. The van der Waals surface area contributed by atoms with Crippen molar-refractivity contribution in [2.24, 2.45) is 0 Å². The normalized spacial score (nSPS) is 12.9. The van der Waals surface area contributed by atoms with Crippen molar-refractivity contribution in [2.45, 2.75) is 13.3 Å². The average Bonchev–Trinajstić information content (AvgIpc) is 2.16. The van der Waals surface area contributed by atoms with Crippen LogP contribution >= 0.6 is 7.60 Å². The molecule has 0 aromatic rings. The summed E-state index contributed by atoms with van der Waals surface area (Å²) in [5.41, 5.74) is 0.532. The van der Waals surface area contributed by atoms with Gasteiger partial charge in [-0.3, -0.25) is 4.57 Å². The number of hydrogen-bond acceptors (Lipinski definition) is 4. The van der Waals surface area contributed by atoms with Crippen molar-refractivity contribution >= 4 is 13.6 Å². The zero-order valence-corrected chi connectivity index (χ0v) is 9.41. The molecule has 0 unspecified atom stereocenters. The lowest BCUT2D eigenvalue weighted by Gasteiger charge is -2.14. The first kappa shape index (κ1) is 13.4. The molecule has 0 radical (unpaired) electrons. The van der Waals surface area contributed by atoms with E-state index < -0.39 is 13.6 Å². The van der Waals surface area contributed by atoms with E-state index in [1.165, 1.54) is 14.2 Å². The molecule has 0 aliphatic rings. The van der Waals surface area contributed by atoms with E-state index in [0.29, 0.717) is 12.0 Å². The Hall–Kier alpha value is -0.640. The van der Waals surface area contributed by atoms with Crippen LogP contribution in [0.5, 0.6) is 0 Å². The van der Waals surface area contributed by atoms with E-state index in [-0.39, 0.29) is 6.16 Å². The van der Waals surface area contributed by atoms with Crippen LogP contribution in [0.4, 0.5) is 0 Å². The van der Waals surface area contributed by atoms with Crippen LogP contribution in [0.1, 0.15) is 13.3 Å². The van der Waals surface area contributed by atoms with Crippen molar-refractivity contribution in [3.63, 3.8) is 0 Å². The second-order valence-corrected chi connectivity index (χ2v) is 4.90. The van der Waals surface area contributed by atoms with Crippen molar-refractivity contribution in [2.75, 3.05) is 20.4 Å². The van der Waals surface area contributed by atoms with Gasteiger partial charge in [0.25, 0.3) is 0 Å². The van der Waals surface area contributed by atoms with Crippen molar-refractivity contribution in [3.05, 3.63) is 11.6 Å². The highest BCUT2D eigenvalue weighted by Gasteiger charge is 2.22. The minimum Gasteiger partial charge on any atom is -0.478 e. The zero-order valence-electron chi connectivity index (χ0n) is 8.52. The van der Waals surface area contributed by atoms with Crippen LogP contribution in [0, 0.1) is 0 Å². The maximum absolute atomic E-state index is 11.6. The third-order valence-electron chi connectivity index (χ3n) is 1.73. The smallest absolute Gasteiger partial charge is 0.334 e. The summed E-state index contributed by atoms with van der Waals surface area (Å²) in [6, 6.07) is 0. The van der Waals surface area contributed by atoms with Crippen molar-refractivity contribution in [1.29, 1.82) is 0 Å². The molecule has 0 rings (SSSR count). The number of carboxylic acids is 1. The van der Waals surface area contributed by atoms with Gasteiger partial charge in [-0.1, -0.05) is 12.5 Å². The second kappa shape index (κ2) is 5.96. The van der Waals surface area contributed by atoms with E-state index in [1.807, 2.05) is 0 Å². The Morgan fingerprint density at radius 2 is 1.93 bits per heavy atom. The van der Waals surface area contributed by atoms with Crippen LogP contribution in [0.15, 0.2) is 11.6 Å². The quantitative estimate of drug-likeness (QED) is 0.548. The first-order chi connectivity index (χ1) is 6.47. The highest BCUT2D eigenvalue weighted by Crippen LogP contribution is 2.48. The minimum atomic E-state index is -3.14. The lowest BCUT2D eigenvalue weighted by molar-refractivity contribution is -0.131. The van der Waals surface area contributed by atoms with Gasteiger partial charge in [0.15, 0.2) is 0 Å². The number of rotatable bonds is 6. The monoisotopic (exact) mass is 222 g/mol. The molecule has 0 aliphatic carbocycles. The van der Waals surface area contributed by atoms with E-state index in [1.54, 1.807) is 6.92 Å². The van der Waals surface area contributed by atoms with E-state index in [4.69, 9.17) is 14.2 Å². The summed E-state index contributed by atoms with van der Waals surface area (Å²) in [4.78, 5) is 10.4. The Morgan fingerprint density at radius 3 is 2.21 bits per heavy atom. The van der Waals surface area contributed by atoms with Gasteiger partial charge in [-0.2, -0.15) is 0 Å². The Bertz CT molecular complexity index is 263. The second-order valence-electron chi connectivity index (χ2n) is 2.63. The van der Waals surface area contributed by atoms with Gasteiger partial charge in [-0.15, -0.1) is 0 Å². The third-order valence-corrected chi connectivity index (χ3v) is 3.64. The van der Waals surface area contributed by atoms with Gasteiger partial charge in [0.05, 0.1) is 6.16 Å². The molecule has 1 N–H and O–H groups in total. The molecular weight excluding hydrogens is 207 g/mol. The fourth-order valence-electron chi connectivity index (χ4n) is 0.886. The SMILES string of the molecule is CCC(=CC(=O)O)CP(=O)(OC)OC. The number of carbonyl (C=O) groups is 1. The topological polar surface area (TPSA) is 72.8 Å². The summed E-state index contributed by atoms with van der Waals surface area (Å²) < 4.78 is 21.0. The predicted octanol–water partition coefficient (Wildman–Crippen LogP) is 1.89. The van der Waals surface area contributed by atoms with Gasteiger partial charge in [-0.05, 0) is 6.42 Å². The van der Waals surface area contributed by atoms with Crippen molar-refractivity contribution in [1.82, 2.24) is 0 Å². The Balaban J connectivity index is 4.61. The molecule has 0 aliphatic heterocycles. The molecule has 0 saturated carbocycles. The lowest BCUT2D eigenvalue weighted by Crippen LogP contribution is -2.00. The lowest BCUT2D eigenvalue weighted by atomic mass is 10.2. The zero-order chi connectivity index (χ0) is 11.2. The highest BCUT2D eigenvalue weighted by atomic mass is 31.2. The molecule has 0 aromatic carbocycles. The number of aliphatic carboxylic acids is 1. The Kier molecular flexibility index (Phi) is 5.69. The fraction of sp³-hybridized carbons (Fsp3) is 0.625. The Labute approximate surface area is 83.3 Å². The van der Waals surface area contributed by atoms with Crippen LogP contribution in [-0.2, 0) is 18.4 Å². The van der Waals surface area contributed by atoms with Crippen LogP contribution in [0.2, 0.25) is 0 Å². The summed E-state index contributed by atoms with van der Waals surface area (Å²) in [5.74, 6) is -1.05. The van der Waals surface area contributed by atoms with Gasteiger partial charge >= 0.3 is 13.6 Å². The summed E-state index contributed by atoms with van der Waals surface area (Å²) in [6.07, 6.45) is 1.55. The van der Waals surface area contributed by atoms with Gasteiger partial charge in [-0.25, -0.2) is 4.79 Å². The standard InChI is InChI=1S/C8H15O5P/c1-4-7(5-8(9)10)6-14(11,12-2)13-3/h5H,4,6H2,1-3H3,(H,9,10). The van der Waals surface area contributed by atoms with E-state index in [9.17, 15) is 9.36 Å². The van der Waals surface area contributed by atoms with Crippen LogP contribution in [0.25, 0.3) is 0 Å². The molecule has 0 bridgehead atoms. The third kappa shape index (κ3) is 4.56. The largest absolute Gasteiger partial charge is 0.478 e. The van der Waals surface area contributed by atoms with E-state index in [2.05, 4.69) is 0 Å². The molecule has 0 saturated heterocycles. The van der Waals surface area contributed by atoms with Gasteiger partial charge in [0.1, 0.15) is 0 Å². The number of carboxylic acid groups (broad SMARTS) is 1. The first-order valence-electron chi connectivity index (χ1n) is 4.10. The van der Waals surface area contributed by atoms with Crippen molar-refractivity contribution in [3.8, 4) is 0 Å². The first-order valence-corrected chi connectivity index (χ1v) is 5.83. The summed E-state index contributed by atoms with van der Waals surface area (Å²) in [5, 5.41) is 8.51. The molecule has 0 spiro atoms. The molecule has 0 aromatic heterocycles. The maximum atomic E-state index is 11.6. The van der Waals surface area contributed by atoms with Gasteiger partial charge in [0, 0.05) is 20.3 Å². The molecule has 6 heteroatoms. The molecule has 5 nitrogen and oxygen atoms in total. The molecule has 0 amide bonds. The molecule has 0 atom stereocenters. The average molecular weight is 222 g/mol. The van der Waals surface area contributed by atoms with Gasteiger partial charge in [0.2, 0.25) is 0 Å². The fourth-order valence-corrected chi connectivity index (χ4v) is 2.11.